The SMILES string of the molecule is CCCNC(C)c1ccc(F)cc1-c1ccc(Cl)cc1Cl. The quantitative estimate of drug-likeness (QED) is 0.725. The topological polar surface area (TPSA) is 12.0 Å². The average molecular weight is 326 g/mol. The summed E-state index contributed by atoms with van der Waals surface area (Å²) < 4.78 is 13.7. The van der Waals surface area contributed by atoms with Crippen molar-refractivity contribution in [1.82, 2.24) is 5.32 Å². The van der Waals surface area contributed by atoms with Gasteiger partial charge in [-0.15, -0.1) is 0 Å². The predicted molar refractivity (Wildman–Crippen MR) is 88.6 cm³/mol. The van der Waals surface area contributed by atoms with Crippen molar-refractivity contribution in [1.29, 1.82) is 0 Å². The van der Waals surface area contributed by atoms with E-state index in [-0.39, 0.29) is 11.9 Å². The Balaban J connectivity index is 2.48. The summed E-state index contributed by atoms with van der Waals surface area (Å²) in [4.78, 5) is 0. The summed E-state index contributed by atoms with van der Waals surface area (Å²) in [6.45, 7) is 5.09. The van der Waals surface area contributed by atoms with Gasteiger partial charge in [-0.2, -0.15) is 0 Å². The second kappa shape index (κ2) is 7.26. The minimum Gasteiger partial charge on any atom is -0.310 e. The van der Waals surface area contributed by atoms with Gasteiger partial charge in [0.2, 0.25) is 0 Å². The Kier molecular flexibility index (Phi) is 5.63. The smallest absolute Gasteiger partial charge is 0.123 e. The third kappa shape index (κ3) is 3.97. The minimum absolute atomic E-state index is 0.118. The van der Waals surface area contributed by atoms with Gasteiger partial charge in [-0.05, 0) is 55.3 Å². The highest BCUT2D eigenvalue weighted by molar-refractivity contribution is 6.36. The highest BCUT2D eigenvalue weighted by Gasteiger charge is 2.15. The first-order chi connectivity index (χ1) is 10.0. The molecule has 2 aromatic rings. The first-order valence-electron chi connectivity index (χ1n) is 7.01. The van der Waals surface area contributed by atoms with E-state index in [9.17, 15) is 4.39 Å². The van der Waals surface area contributed by atoms with E-state index in [1.807, 2.05) is 12.1 Å². The lowest BCUT2D eigenvalue weighted by Crippen LogP contribution is -2.20. The number of halogens is 3. The fourth-order valence-electron chi connectivity index (χ4n) is 2.32. The Bertz CT molecular complexity index is 628. The molecule has 4 heteroatoms. The van der Waals surface area contributed by atoms with Crippen molar-refractivity contribution in [2.45, 2.75) is 26.3 Å². The van der Waals surface area contributed by atoms with Crippen molar-refractivity contribution in [3.63, 3.8) is 0 Å². The molecule has 0 aliphatic heterocycles. The average Bonchev–Trinajstić information content (AvgIpc) is 2.44. The lowest BCUT2D eigenvalue weighted by atomic mass is 9.95. The molecule has 112 valence electrons. The fourth-order valence-corrected chi connectivity index (χ4v) is 2.83. The van der Waals surface area contributed by atoms with Crippen LogP contribution in [0.15, 0.2) is 36.4 Å². The zero-order valence-electron chi connectivity index (χ0n) is 12.1. The van der Waals surface area contributed by atoms with Crippen molar-refractivity contribution in [3.05, 3.63) is 57.8 Å². The largest absolute Gasteiger partial charge is 0.310 e. The van der Waals surface area contributed by atoms with Gasteiger partial charge < -0.3 is 5.32 Å². The van der Waals surface area contributed by atoms with Crippen LogP contribution in [0, 0.1) is 5.82 Å². The molecule has 0 bridgehead atoms. The third-order valence-electron chi connectivity index (χ3n) is 3.40. The summed E-state index contributed by atoms with van der Waals surface area (Å²) >= 11 is 12.2. The molecule has 0 amide bonds. The molecule has 0 aliphatic rings. The van der Waals surface area contributed by atoms with Crippen LogP contribution < -0.4 is 5.32 Å². The number of hydrogen-bond donors (Lipinski definition) is 1. The number of benzene rings is 2. The molecule has 0 saturated heterocycles. The standard InChI is InChI=1S/C17H18Cl2FN/c1-3-8-21-11(2)14-7-5-13(20)10-16(14)15-6-4-12(18)9-17(15)19/h4-7,9-11,21H,3,8H2,1-2H3. The van der Waals surface area contributed by atoms with E-state index in [1.165, 1.54) is 12.1 Å². The van der Waals surface area contributed by atoms with Crippen molar-refractivity contribution in [3.8, 4) is 11.1 Å². The van der Waals surface area contributed by atoms with E-state index in [4.69, 9.17) is 23.2 Å². The predicted octanol–water partition coefficient (Wildman–Crippen LogP) is 5.86. The summed E-state index contributed by atoms with van der Waals surface area (Å²) in [5, 5.41) is 4.51. The Labute approximate surface area is 135 Å². The van der Waals surface area contributed by atoms with Crippen LogP contribution >= 0.6 is 23.2 Å². The Morgan fingerprint density at radius 3 is 2.52 bits per heavy atom. The van der Waals surface area contributed by atoms with Crippen LogP contribution in [0.5, 0.6) is 0 Å². The number of hydrogen-bond acceptors (Lipinski definition) is 1. The van der Waals surface area contributed by atoms with E-state index >= 15 is 0 Å². The maximum Gasteiger partial charge on any atom is 0.123 e. The summed E-state index contributed by atoms with van der Waals surface area (Å²) in [5.41, 5.74) is 2.61. The van der Waals surface area contributed by atoms with Gasteiger partial charge in [0.15, 0.2) is 0 Å². The van der Waals surface area contributed by atoms with Crippen LogP contribution in [0.1, 0.15) is 31.9 Å². The Hall–Kier alpha value is -1.09. The summed E-state index contributed by atoms with van der Waals surface area (Å²) in [6, 6.07) is 10.2. The molecule has 0 spiro atoms. The van der Waals surface area contributed by atoms with Gasteiger partial charge in [-0.25, -0.2) is 4.39 Å². The Morgan fingerprint density at radius 2 is 1.86 bits per heavy atom. The fraction of sp³-hybridized carbons (Fsp3) is 0.294. The van der Waals surface area contributed by atoms with E-state index in [0.717, 1.165) is 29.7 Å². The van der Waals surface area contributed by atoms with Crippen molar-refractivity contribution in [2.75, 3.05) is 6.54 Å². The van der Waals surface area contributed by atoms with E-state index in [1.54, 1.807) is 12.1 Å². The molecule has 0 radical (unpaired) electrons. The highest BCUT2D eigenvalue weighted by Crippen LogP contribution is 2.35. The van der Waals surface area contributed by atoms with Crippen LogP contribution in [-0.2, 0) is 0 Å². The molecular formula is C17H18Cl2FN. The molecule has 0 fully saturated rings. The molecule has 0 aliphatic carbocycles. The van der Waals surface area contributed by atoms with Gasteiger partial charge in [-0.3, -0.25) is 0 Å². The molecule has 1 N–H and O–H groups in total. The maximum atomic E-state index is 13.7. The molecule has 21 heavy (non-hydrogen) atoms. The zero-order chi connectivity index (χ0) is 15.4. The van der Waals surface area contributed by atoms with Gasteiger partial charge >= 0.3 is 0 Å². The van der Waals surface area contributed by atoms with Gasteiger partial charge in [-0.1, -0.05) is 42.3 Å². The first-order valence-corrected chi connectivity index (χ1v) is 7.76. The molecule has 0 heterocycles. The summed E-state index contributed by atoms with van der Waals surface area (Å²) in [7, 11) is 0. The Morgan fingerprint density at radius 1 is 1.10 bits per heavy atom. The lowest BCUT2D eigenvalue weighted by Gasteiger charge is -2.19. The first kappa shape index (κ1) is 16.3. The van der Waals surface area contributed by atoms with Gasteiger partial charge in [0.1, 0.15) is 5.82 Å². The second-order valence-corrected chi connectivity index (χ2v) is 5.88. The molecule has 1 atom stereocenters. The number of rotatable bonds is 5. The van der Waals surface area contributed by atoms with Crippen LogP contribution in [0.3, 0.4) is 0 Å². The minimum atomic E-state index is -0.276. The molecule has 1 nitrogen and oxygen atoms in total. The lowest BCUT2D eigenvalue weighted by molar-refractivity contribution is 0.569. The highest BCUT2D eigenvalue weighted by atomic mass is 35.5. The van der Waals surface area contributed by atoms with Crippen molar-refractivity contribution < 1.29 is 4.39 Å². The van der Waals surface area contributed by atoms with E-state index in [2.05, 4.69) is 19.2 Å². The maximum absolute atomic E-state index is 13.7. The van der Waals surface area contributed by atoms with Crippen LogP contribution in [-0.4, -0.2) is 6.54 Å². The van der Waals surface area contributed by atoms with Crippen molar-refractivity contribution in [2.24, 2.45) is 0 Å². The van der Waals surface area contributed by atoms with Crippen molar-refractivity contribution >= 4 is 23.2 Å². The molecule has 2 aromatic carbocycles. The summed E-state index contributed by atoms with van der Waals surface area (Å²) in [5.74, 6) is -0.276. The molecule has 0 aromatic heterocycles. The number of nitrogens with one attached hydrogen (secondary N) is 1. The zero-order valence-corrected chi connectivity index (χ0v) is 13.6. The van der Waals surface area contributed by atoms with Crippen LogP contribution in [0.4, 0.5) is 4.39 Å². The summed E-state index contributed by atoms with van der Waals surface area (Å²) in [6.07, 6.45) is 1.04. The molecule has 0 saturated carbocycles. The normalized spacial score (nSPS) is 12.4. The van der Waals surface area contributed by atoms with Crippen LogP contribution in [0.2, 0.25) is 10.0 Å². The third-order valence-corrected chi connectivity index (χ3v) is 3.95. The second-order valence-electron chi connectivity index (χ2n) is 5.03. The van der Waals surface area contributed by atoms with E-state index in [0.29, 0.717) is 10.0 Å². The molecule has 1 unspecified atom stereocenters. The molecular weight excluding hydrogens is 308 g/mol. The van der Waals surface area contributed by atoms with Gasteiger partial charge in [0.25, 0.3) is 0 Å². The monoisotopic (exact) mass is 325 g/mol. The van der Waals surface area contributed by atoms with E-state index < -0.39 is 0 Å². The van der Waals surface area contributed by atoms with Crippen LogP contribution in [0.25, 0.3) is 11.1 Å². The van der Waals surface area contributed by atoms with Gasteiger partial charge in [0, 0.05) is 21.7 Å². The van der Waals surface area contributed by atoms with Gasteiger partial charge in [0.05, 0.1) is 0 Å². The molecule has 2 rings (SSSR count).